The van der Waals surface area contributed by atoms with Gasteiger partial charge in [-0.05, 0) is 31.2 Å². The average molecular weight is 211 g/mol. The predicted molar refractivity (Wildman–Crippen MR) is 56.5 cm³/mol. The first-order valence-corrected chi connectivity index (χ1v) is 4.93. The standard InChI is InChI=1S/C10H11ClN2O/c11-7-2-1-3-8(6-7)13-10(14)9-4-5-12-9/h1-3,6,9,12H,4-5H2,(H,13,14)/t9-/m1/s1. The van der Waals surface area contributed by atoms with E-state index in [0.29, 0.717) is 5.02 Å². The fourth-order valence-corrected chi connectivity index (χ4v) is 1.50. The largest absolute Gasteiger partial charge is 0.325 e. The van der Waals surface area contributed by atoms with Gasteiger partial charge in [-0.3, -0.25) is 4.79 Å². The van der Waals surface area contributed by atoms with Crippen molar-refractivity contribution >= 4 is 23.2 Å². The van der Waals surface area contributed by atoms with Gasteiger partial charge in [0, 0.05) is 10.7 Å². The van der Waals surface area contributed by atoms with Crippen molar-refractivity contribution < 1.29 is 4.79 Å². The first kappa shape index (κ1) is 9.49. The maximum atomic E-state index is 11.5. The van der Waals surface area contributed by atoms with Crippen LogP contribution in [0.4, 0.5) is 5.69 Å². The van der Waals surface area contributed by atoms with E-state index in [4.69, 9.17) is 11.6 Å². The highest BCUT2D eigenvalue weighted by atomic mass is 35.5. The quantitative estimate of drug-likeness (QED) is 0.779. The molecule has 1 aromatic rings. The molecule has 0 aromatic heterocycles. The number of rotatable bonds is 2. The van der Waals surface area contributed by atoms with Gasteiger partial charge in [0.1, 0.15) is 0 Å². The molecule has 74 valence electrons. The Balaban J connectivity index is 1.99. The molecule has 0 bridgehead atoms. The van der Waals surface area contributed by atoms with Gasteiger partial charge in [-0.15, -0.1) is 0 Å². The molecular weight excluding hydrogens is 200 g/mol. The number of halogens is 1. The van der Waals surface area contributed by atoms with Crippen LogP contribution >= 0.6 is 11.6 Å². The molecule has 4 heteroatoms. The topological polar surface area (TPSA) is 41.1 Å². The summed E-state index contributed by atoms with van der Waals surface area (Å²) in [6, 6.07) is 7.11. The first-order chi connectivity index (χ1) is 6.75. The monoisotopic (exact) mass is 210 g/mol. The van der Waals surface area contributed by atoms with Crippen molar-refractivity contribution in [2.24, 2.45) is 0 Å². The van der Waals surface area contributed by atoms with Crippen LogP contribution in [-0.2, 0) is 4.79 Å². The Morgan fingerprint density at radius 1 is 1.57 bits per heavy atom. The van der Waals surface area contributed by atoms with E-state index in [-0.39, 0.29) is 11.9 Å². The lowest BCUT2D eigenvalue weighted by Gasteiger charge is -2.26. The van der Waals surface area contributed by atoms with Gasteiger partial charge in [0.05, 0.1) is 6.04 Å². The van der Waals surface area contributed by atoms with Crippen LogP contribution in [0, 0.1) is 0 Å². The van der Waals surface area contributed by atoms with Crippen LogP contribution in [-0.4, -0.2) is 18.5 Å². The van der Waals surface area contributed by atoms with Crippen molar-refractivity contribution in [1.82, 2.24) is 5.32 Å². The fourth-order valence-electron chi connectivity index (χ4n) is 1.31. The summed E-state index contributed by atoms with van der Waals surface area (Å²) >= 11 is 5.79. The highest BCUT2D eigenvalue weighted by Gasteiger charge is 2.24. The van der Waals surface area contributed by atoms with Gasteiger partial charge in [-0.2, -0.15) is 0 Å². The molecule has 0 aliphatic carbocycles. The molecule has 0 unspecified atom stereocenters. The number of anilines is 1. The van der Waals surface area contributed by atoms with Gasteiger partial charge in [-0.25, -0.2) is 0 Å². The molecule has 0 spiro atoms. The summed E-state index contributed by atoms with van der Waals surface area (Å²) in [5, 5.41) is 6.46. The van der Waals surface area contributed by atoms with Gasteiger partial charge < -0.3 is 10.6 Å². The van der Waals surface area contributed by atoms with E-state index in [0.717, 1.165) is 18.7 Å². The zero-order valence-electron chi connectivity index (χ0n) is 7.59. The average Bonchev–Trinajstić information content (AvgIpc) is 1.99. The van der Waals surface area contributed by atoms with Gasteiger partial charge in [0.15, 0.2) is 0 Å². The molecule has 0 radical (unpaired) electrons. The Bertz CT molecular complexity index is 350. The minimum absolute atomic E-state index is 0.0125. The smallest absolute Gasteiger partial charge is 0.241 e. The molecule has 2 N–H and O–H groups in total. The second-order valence-corrected chi connectivity index (χ2v) is 3.73. The molecule has 1 aromatic carbocycles. The molecule has 2 rings (SSSR count). The molecule has 14 heavy (non-hydrogen) atoms. The summed E-state index contributed by atoms with van der Waals surface area (Å²) in [5.74, 6) is 0.0125. The molecule has 1 fully saturated rings. The second kappa shape index (κ2) is 3.98. The van der Waals surface area contributed by atoms with E-state index >= 15 is 0 Å². The molecule has 1 aliphatic heterocycles. The third kappa shape index (κ3) is 2.05. The van der Waals surface area contributed by atoms with Gasteiger partial charge >= 0.3 is 0 Å². The number of hydrogen-bond acceptors (Lipinski definition) is 2. The molecule has 1 aliphatic rings. The highest BCUT2D eigenvalue weighted by molar-refractivity contribution is 6.30. The van der Waals surface area contributed by atoms with Crippen LogP contribution in [0.15, 0.2) is 24.3 Å². The van der Waals surface area contributed by atoms with Crippen molar-refractivity contribution in [3.63, 3.8) is 0 Å². The minimum atomic E-state index is -0.0334. The minimum Gasteiger partial charge on any atom is -0.325 e. The van der Waals surface area contributed by atoms with Gasteiger partial charge in [-0.1, -0.05) is 17.7 Å². The predicted octanol–water partition coefficient (Wildman–Crippen LogP) is 1.64. The number of benzene rings is 1. The Hall–Kier alpha value is -1.06. The van der Waals surface area contributed by atoms with Crippen LogP contribution in [0.2, 0.25) is 5.02 Å². The maximum absolute atomic E-state index is 11.5. The summed E-state index contributed by atoms with van der Waals surface area (Å²) in [6.07, 6.45) is 0.909. The third-order valence-electron chi connectivity index (χ3n) is 2.23. The van der Waals surface area contributed by atoms with E-state index in [2.05, 4.69) is 10.6 Å². The van der Waals surface area contributed by atoms with E-state index < -0.39 is 0 Å². The summed E-state index contributed by atoms with van der Waals surface area (Å²) in [7, 11) is 0. The lowest BCUT2D eigenvalue weighted by molar-refractivity contribution is -0.119. The van der Waals surface area contributed by atoms with E-state index in [9.17, 15) is 4.79 Å². The Labute approximate surface area is 87.4 Å². The Kier molecular flexibility index (Phi) is 2.70. The van der Waals surface area contributed by atoms with Crippen molar-refractivity contribution in [3.05, 3.63) is 29.3 Å². The van der Waals surface area contributed by atoms with Crippen LogP contribution < -0.4 is 10.6 Å². The molecule has 1 heterocycles. The maximum Gasteiger partial charge on any atom is 0.241 e. The molecule has 0 saturated carbocycles. The van der Waals surface area contributed by atoms with E-state index in [1.54, 1.807) is 12.1 Å². The van der Waals surface area contributed by atoms with Gasteiger partial charge in [0.25, 0.3) is 0 Å². The summed E-state index contributed by atoms with van der Waals surface area (Å²) in [4.78, 5) is 11.5. The van der Waals surface area contributed by atoms with E-state index in [1.165, 1.54) is 0 Å². The zero-order chi connectivity index (χ0) is 9.97. The Morgan fingerprint density at radius 2 is 2.36 bits per heavy atom. The summed E-state index contributed by atoms with van der Waals surface area (Å²) in [5.41, 5.74) is 0.746. The van der Waals surface area contributed by atoms with Crippen molar-refractivity contribution in [3.8, 4) is 0 Å². The SMILES string of the molecule is O=C(Nc1cccc(Cl)c1)[C@H]1CCN1. The van der Waals surface area contributed by atoms with Crippen molar-refractivity contribution in [2.75, 3.05) is 11.9 Å². The van der Waals surface area contributed by atoms with E-state index in [1.807, 2.05) is 12.1 Å². The summed E-state index contributed by atoms with van der Waals surface area (Å²) in [6.45, 7) is 0.924. The van der Waals surface area contributed by atoms with Crippen LogP contribution in [0.1, 0.15) is 6.42 Å². The number of carbonyl (C=O) groups is 1. The third-order valence-corrected chi connectivity index (χ3v) is 2.47. The number of hydrogen-bond donors (Lipinski definition) is 2. The summed E-state index contributed by atoms with van der Waals surface area (Å²) < 4.78 is 0. The van der Waals surface area contributed by atoms with Crippen LogP contribution in [0.5, 0.6) is 0 Å². The van der Waals surface area contributed by atoms with Crippen molar-refractivity contribution in [1.29, 1.82) is 0 Å². The van der Waals surface area contributed by atoms with Gasteiger partial charge in [0.2, 0.25) is 5.91 Å². The second-order valence-electron chi connectivity index (χ2n) is 3.29. The lowest BCUT2D eigenvalue weighted by Crippen LogP contribution is -2.50. The lowest BCUT2D eigenvalue weighted by atomic mass is 10.1. The zero-order valence-corrected chi connectivity index (χ0v) is 8.34. The number of carbonyl (C=O) groups excluding carboxylic acids is 1. The fraction of sp³-hybridized carbons (Fsp3) is 0.300. The first-order valence-electron chi connectivity index (χ1n) is 4.55. The molecule has 1 saturated heterocycles. The molecule has 1 amide bonds. The van der Waals surface area contributed by atoms with Crippen molar-refractivity contribution in [2.45, 2.75) is 12.5 Å². The van der Waals surface area contributed by atoms with Crippen LogP contribution in [0.3, 0.4) is 0 Å². The highest BCUT2D eigenvalue weighted by Crippen LogP contribution is 2.15. The molecular formula is C10H11ClN2O. The van der Waals surface area contributed by atoms with Crippen LogP contribution in [0.25, 0.3) is 0 Å². The number of amides is 1. The molecule has 1 atom stereocenters. The number of nitrogens with one attached hydrogen (secondary N) is 2. The molecule has 3 nitrogen and oxygen atoms in total. The normalized spacial score (nSPS) is 19.9. The Morgan fingerprint density at radius 3 is 2.93 bits per heavy atom.